The molecule has 6 N–H and O–H groups in total. The topological polar surface area (TPSA) is 202 Å². The van der Waals surface area contributed by atoms with Gasteiger partial charge in [-0.25, -0.2) is 0 Å². The van der Waals surface area contributed by atoms with Gasteiger partial charge in [0.05, 0.1) is 28.4 Å². The van der Waals surface area contributed by atoms with Crippen LogP contribution in [-0.2, 0) is 15.1 Å². The maximum absolute atomic E-state index is 12.6. The number of rotatable bonds is 4. The Hall–Kier alpha value is -4.79. The Morgan fingerprint density at radius 1 is 0.680 bits per heavy atom. The number of aryl methyl sites for hydroxylation is 2. The molecule has 0 saturated carbocycles. The summed E-state index contributed by atoms with van der Waals surface area (Å²) in [7, 11) is -2.38. The lowest BCUT2D eigenvalue weighted by atomic mass is 9.80. The quantitative estimate of drug-likeness (QED) is 0.0990. The lowest BCUT2D eigenvalue weighted by Crippen LogP contribution is -2.43. The molecule has 4 aromatic rings. The molecule has 2 bridgehead atoms. The van der Waals surface area contributed by atoms with Crippen LogP contribution in [0, 0.1) is 13.8 Å². The Labute approximate surface area is 289 Å². The minimum Gasteiger partial charge on any atom is -0.507 e. The standard InChI is InChI=1S/C21H25NO.C16H12O6.H2O4S/c1-22-18-12-13-19(22)15-20(14-18)23-21(16-8-4-2-5-9-16)17-10-6-3-7-11-17;1-5-3-7(17)9-11(13(5)19)15(21)10-8(18)4-6(2)14(20)12(10)16(9)22;1-5(2,3)4/h2-11,18-21H,12-15H2,1H3;3-4,17-20H,1-2H3;(H2,1,2,3,4). The van der Waals surface area contributed by atoms with Crippen molar-refractivity contribution in [1.82, 2.24) is 4.90 Å². The van der Waals surface area contributed by atoms with Crippen molar-refractivity contribution in [3.8, 4) is 23.0 Å². The van der Waals surface area contributed by atoms with Crippen molar-refractivity contribution in [2.45, 2.75) is 63.8 Å². The summed E-state index contributed by atoms with van der Waals surface area (Å²) in [4.78, 5) is 27.7. The van der Waals surface area contributed by atoms with Crippen molar-refractivity contribution in [1.29, 1.82) is 0 Å². The van der Waals surface area contributed by atoms with Gasteiger partial charge >= 0.3 is 10.4 Å². The molecule has 264 valence electrons. The third kappa shape index (κ3) is 7.67. The molecule has 2 saturated heterocycles. The number of fused-ring (bicyclic) bond motifs is 4. The molecule has 0 spiro atoms. The van der Waals surface area contributed by atoms with E-state index in [0.29, 0.717) is 18.2 Å². The van der Waals surface area contributed by atoms with Crippen molar-refractivity contribution >= 4 is 22.0 Å². The number of benzene rings is 4. The van der Waals surface area contributed by atoms with Crippen LogP contribution in [0.25, 0.3) is 0 Å². The van der Waals surface area contributed by atoms with Gasteiger partial charge in [-0.2, -0.15) is 8.42 Å². The maximum Gasteiger partial charge on any atom is 0.394 e. The molecule has 4 aromatic carbocycles. The highest BCUT2D eigenvalue weighted by Crippen LogP contribution is 2.45. The summed E-state index contributed by atoms with van der Waals surface area (Å²) in [6.45, 7) is 2.93. The van der Waals surface area contributed by atoms with E-state index in [-0.39, 0.29) is 39.5 Å². The van der Waals surface area contributed by atoms with Crippen LogP contribution >= 0.6 is 0 Å². The molecule has 2 fully saturated rings. The number of ether oxygens (including phenoxy) is 1. The van der Waals surface area contributed by atoms with Gasteiger partial charge in [0.15, 0.2) is 0 Å². The minimum absolute atomic E-state index is 0.0465. The summed E-state index contributed by atoms with van der Waals surface area (Å²) in [6, 6.07) is 25.0. The van der Waals surface area contributed by atoms with Crippen molar-refractivity contribution < 1.29 is 52.3 Å². The van der Waals surface area contributed by atoms with Crippen LogP contribution in [-0.4, -0.2) is 79.7 Å². The van der Waals surface area contributed by atoms with Crippen molar-refractivity contribution in [2.24, 2.45) is 0 Å². The van der Waals surface area contributed by atoms with Gasteiger partial charge in [-0.1, -0.05) is 60.7 Å². The predicted molar refractivity (Wildman–Crippen MR) is 183 cm³/mol. The number of phenolic OH excluding ortho intramolecular Hbond substituents is 4. The monoisotopic (exact) mass is 705 g/mol. The van der Waals surface area contributed by atoms with E-state index in [9.17, 15) is 30.0 Å². The van der Waals surface area contributed by atoms with Crippen molar-refractivity contribution in [2.75, 3.05) is 7.05 Å². The zero-order chi connectivity index (χ0) is 36.5. The van der Waals surface area contributed by atoms with E-state index < -0.39 is 45.0 Å². The van der Waals surface area contributed by atoms with Crippen LogP contribution in [0.1, 0.15) is 85.9 Å². The average Bonchev–Trinajstić information content (AvgIpc) is 3.25. The number of carbonyl (C=O) groups is 2. The molecule has 3 aliphatic rings. The summed E-state index contributed by atoms with van der Waals surface area (Å²) in [5.41, 5.74) is 1.47. The van der Waals surface area contributed by atoms with Gasteiger partial charge in [-0.15, -0.1) is 0 Å². The molecular formula is C37H39NO11S. The number of phenols is 4. The molecule has 0 aromatic heterocycles. The van der Waals surface area contributed by atoms with Crippen LogP contribution in [0.3, 0.4) is 0 Å². The van der Waals surface area contributed by atoms with Crippen LogP contribution in [0.15, 0.2) is 72.8 Å². The molecule has 0 radical (unpaired) electrons. The highest BCUT2D eigenvalue weighted by atomic mass is 32.3. The van der Waals surface area contributed by atoms with Gasteiger partial charge in [-0.05, 0) is 81.0 Å². The smallest absolute Gasteiger partial charge is 0.394 e. The Balaban J connectivity index is 0.000000172. The number of ketones is 2. The third-order valence-corrected chi connectivity index (χ3v) is 9.44. The van der Waals surface area contributed by atoms with Gasteiger partial charge in [-0.3, -0.25) is 18.7 Å². The van der Waals surface area contributed by atoms with E-state index in [2.05, 4.69) is 72.6 Å². The molecule has 12 nitrogen and oxygen atoms in total. The van der Waals surface area contributed by atoms with Gasteiger partial charge in [0.2, 0.25) is 11.6 Å². The van der Waals surface area contributed by atoms with Crippen molar-refractivity contribution in [3.05, 3.63) is 117 Å². The molecule has 50 heavy (non-hydrogen) atoms. The van der Waals surface area contributed by atoms with Crippen molar-refractivity contribution in [3.63, 3.8) is 0 Å². The average molecular weight is 706 g/mol. The molecule has 2 unspecified atom stereocenters. The number of nitrogens with zero attached hydrogens (tertiary/aromatic N) is 1. The molecule has 0 amide bonds. The van der Waals surface area contributed by atoms with E-state index in [0.717, 1.165) is 12.1 Å². The van der Waals surface area contributed by atoms with E-state index in [1.165, 1.54) is 50.7 Å². The van der Waals surface area contributed by atoms with Crippen LogP contribution < -0.4 is 0 Å². The first-order valence-corrected chi connectivity index (χ1v) is 17.3. The van der Waals surface area contributed by atoms with E-state index in [1.807, 2.05) is 0 Å². The molecule has 1 aliphatic carbocycles. The zero-order valence-electron chi connectivity index (χ0n) is 27.6. The number of hydrogen-bond acceptors (Lipinski definition) is 10. The van der Waals surface area contributed by atoms with Crippen LogP contribution in [0.5, 0.6) is 23.0 Å². The van der Waals surface area contributed by atoms with Crippen LogP contribution in [0.4, 0.5) is 0 Å². The molecule has 13 heteroatoms. The molecule has 2 aliphatic heterocycles. The molecule has 2 heterocycles. The fourth-order valence-corrected chi connectivity index (χ4v) is 7.00. The number of hydrogen-bond donors (Lipinski definition) is 6. The first-order chi connectivity index (χ1) is 23.6. The summed E-state index contributed by atoms with van der Waals surface area (Å²) in [5.74, 6) is -3.44. The number of piperidine rings is 1. The first-order valence-electron chi connectivity index (χ1n) is 15.9. The molecule has 2 atom stereocenters. The second kappa shape index (κ2) is 14.6. The second-order valence-corrected chi connectivity index (χ2v) is 13.6. The summed E-state index contributed by atoms with van der Waals surface area (Å²) < 4.78 is 38.2. The Morgan fingerprint density at radius 2 is 1.04 bits per heavy atom. The fraction of sp³-hybridized carbons (Fsp3) is 0.297. The molecule has 7 rings (SSSR count). The number of aromatic hydroxyl groups is 4. The third-order valence-electron chi connectivity index (χ3n) is 9.44. The summed E-state index contributed by atoms with van der Waals surface area (Å²) in [5, 5.41) is 40.1. The fourth-order valence-electron chi connectivity index (χ4n) is 7.00. The second-order valence-electron chi connectivity index (χ2n) is 12.7. The van der Waals surface area contributed by atoms with E-state index in [1.54, 1.807) is 0 Å². The number of carbonyl (C=O) groups excluding carboxylic acids is 2. The largest absolute Gasteiger partial charge is 0.507 e. The SMILES string of the molecule is CN1C2CCC1CC(OC(c1ccccc1)c1ccccc1)C2.Cc1cc(O)c2c(c1O)C(=O)c1c(O)cc(C)c(O)c1C2=O.O=S(=O)(O)O. The Bertz CT molecular complexity index is 1880. The van der Waals surface area contributed by atoms with E-state index in [4.69, 9.17) is 22.3 Å². The summed E-state index contributed by atoms with van der Waals surface area (Å²) in [6.07, 6.45) is 5.43. The van der Waals surface area contributed by atoms with Gasteiger partial charge in [0, 0.05) is 12.1 Å². The Morgan fingerprint density at radius 3 is 1.40 bits per heavy atom. The highest BCUT2D eigenvalue weighted by Gasteiger charge is 2.41. The highest BCUT2D eigenvalue weighted by molar-refractivity contribution is 7.79. The lowest BCUT2D eigenvalue weighted by Gasteiger charge is -2.38. The van der Waals surface area contributed by atoms with Gasteiger partial charge in [0.1, 0.15) is 29.1 Å². The van der Waals surface area contributed by atoms with E-state index >= 15 is 0 Å². The van der Waals surface area contributed by atoms with Gasteiger partial charge < -0.3 is 30.1 Å². The normalized spacial score (nSPS) is 19.5. The predicted octanol–water partition coefficient (Wildman–Crippen LogP) is 5.67. The molecular weight excluding hydrogens is 666 g/mol. The minimum atomic E-state index is -4.67. The summed E-state index contributed by atoms with van der Waals surface area (Å²) >= 11 is 0. The maximum atomic E-state index is 12.6. The zero-order valence-corrected chi connectivity index (χ0v) is 28.5. The van der Waals surface area contributed by atoms with Gasteiger partial charge in [0.25, 0.3) is 0 Å². The Kier molecular flexibility index (Phi) is 10.6. The first kappa shape index (κ1) is 36.5. The lowest BCUT2D eigenvalue weighted by molar-refractivity contribution is -0.0426. The van der Waals surface area contributed by atoms with Crippen LogP contribution in [0.2, 0.25) is 0 Å².